The molecule has 8 nitrogen and oxygen atoms in total. The Morgan fingerprint density at radius 3 is 2.70 bits per heavy atom. The Morgan fingerprint density at radius 2 is 2.10 bits per heavy atom. The van der Waals surface area contributed by atoms with E-state index in [1.54, 1.807) is 25.3 Å². The number of carbonyl (C=O) groups is 1. The quantitative estimate of drug-likeness (QED) is 0.641. The maximum absolute atomic E-state index is 11.3. The van der Waals surface area contributed by atoms with Crippen LogP contribution >= 0.6 is 0 Å². The number of nitrogen functional groups attached to an aromatic ring is 1. The predicted octanol–water partition coefficient (Wildman–Crippen LogP) is 0.852. The van der Waals surface area contributed by atoms with Crippen molar-refractivity contribution in [3.8, 4) is 11.5 Å². The van der Waals surface area contributed by atoms with Crippen molar-refractivity contribution in [2.45, 2.75) is 0 Å². The highest BCUT2D eigenvalue weighted by molar-refractivity contribution is 6.02. The smallest absolute Gasteiger partial charge is 0.256 e. The number of H-pyrrole nitrogens is 1. The molecule has 0 unspecified atom stereocenters. The number of methoxy groups -OCH3 is 2. The molecule has 0 spiro atoms. The van der Waals surface area contributed by atoms with Gasteiger partial charge in [-0.3, -0.25) is 9.89 Å². The van der Waals surface area contributed by atoms with Gasteiger partial charge in [-0.15, -0.1) is 0 Å². The van der Waals surface area contributed by atoms with Crippen molar-refractivity contribution in [2.75, 3.05) is 25.3 Å². The van der Waals surface area contributed by atoms with E-state index in [-0.39, 0.29) is 17.2 Å². The number of benzene rings is 1. The first kappa shape index (κ1) is 13.5. The monoisotopic (exact) mass is 277 g/mol. The SMILES string of the molecule is COc1ccc(Nc2n[nH]c(N)c2C(N)=O)c(OC)c1. The highest BCUT2D eigenvalue weighted by Gasteiger charge is 2.17. The summed E-state index contributed by atoms with van der Waals surface area (Å²) < 4.78 is 10.3. The number of ether oxygens (including phenoxy) is 2. The number of nitrogens with one attached hydrogen (secondary N) is 2. The number of amides is 1. The summed E-state index contributed by atoms with van der Waals surface area (Å²) in [7, 11) is 3.08. The molecule has 0 atom stereocenters. The van der Waals surface area contributed by atoms with Crippen LogP contribution in [0.15, 0.2) is 18.2 Å². The maximum atomic E-state index is 11.3. The van der Waals surface area contributed by atoms with E-state index in [0.29, 0.717) is 17.2 Å². The number of hydrogen-bond acceptors (Lipinski definition) is 6. The largest absolute Gasteiger partial charge is 0.497 e. The van der Waals surface area contributed by atoms with Crippen molar-refractivity contribution in [2.24, 2.45) is 5.73 Å². The molecule has 1 amide bonds. The normalized spacial score (nSPS) is 10.1. The first-order valence-corrected chi connectivity index (χ1v) is 5.69. The third kappa shape index (κ3) is 2.44. The van der Waals surface area contributed by atoms with Crippen LogP contribution in [0.5, 0.6) is 11.5 Å². The van der Waals surface area contributed by atoms with Gasteiger partial charge in [-0.25, -0.2) is 0 Å². The van der Waals surface area contributed by atoms with E-state index in [4.69, 9.17) is 20.9 Å². The fraction of sp³-hybridized carbons (Fsp3) is 0.167. The minimum atomic E-state index is -0.675. The Hall–Kier alpha value is -2.90. The molecule has 1 aromatic carbocycles. The van der Waals surface area contributed by atoms with Gasteiger partial charge in [0.05, 0.1) is 19.9 Å². The number of carbonyl (C=O) groups excluding carboxylic acids is 1. The Morgan fingerprint density at radius 1 is 1.35 bits per heavy atom. The van der Waals surface area contributed by atoms with E-state index in [1.807, 2.05) is 0 Å². The van der Waals surface area contributed by atoms with Crippen LogP contribution in [-0.2, 0) is 0 Å². The summed E-state index contributed by atoms with van der Waals surface area (Å²) in [4.78, 5) is 11.3. The van der Waals surface area contributed by atoms with E-state index < -0.39 is 5.91 Å². The van der Waals surface area contributed by atoms with E-state index in [2.05, 4.69) is 15.5 Å². The Bertz CT molecular complexity index is 638. The Balaban J connectivity index is 2.37. The summed E-state index contributed by atoms with van der Waals surface area (Å²) in [6.45, 7) is 0. The number of aromatic nitrogens is 2. The molecule has 2 rings (SSSR count). The number of primary amides is 1. The summed E-state index contributed by atoms with van der Waals surface area (Å²) in [6.07, 6.45) is 0. The molecule has 106 valence electrons. The zero-order valence-corrected chi connectivity index (χ0v) is 11.1. The lowest BCUT2D eigenvalue weighted by Gasteiger charge is -2.11. The van der Waals surface area contributed by atoms with Crippen molar-refractivity contribution in [3.63, 3.8) is 0 Å². The second-order valence-electron chi connectivity index (χ2n) is 3.92. The molecule has 0 aliphatic heterocycles. The lowest BCUT2D eigenvalue weighted by Crippen LogP contribution is -2.14. The lowest BCUT2D eigenvalue weighted by atomic mass is 10.2. The number of aromatic amines is 1. The molecule has 1 aromatic heterocycles. The fourth-order valence-corrected chi connectivity index (χ4v) is 1.72. The molecule has 0 fully saturated rings. The lowest BCUT2D eigenvalue weighted by molar-refractivity contribution is 0.100. The highest BCUT2D eigenvalue weighted by atomic mass is 16.5. The molecule has 0 aliphatic rings. The molecule has 8 heteroatoms. The van der Waals surface area contributed by atoms with Gasteiger partial charge in [-0.05, 0) is 12.1 Å². The van der Waals surface area contributed by atoms with Gasteiger partial charge >= 0.3 is 0 Å². The van der Waals surface area contributed by atoms with Crippen LogP contribution in [0.25, 0.3) is 0 Å². The molecule has 20 heavy (non-hydrogen) atoms. The average Bonchev–Trinajstić information content (AvgIpc) is 2.80. The van der Waals surface area contributed by atoms with Gasteiger partial charge in [0, 0.05) is 6.07 Å². The maximum Gasteiger partial charge on any atom is 0.256 e. The second-order valence-corrected chi connectivity index (χ2v) is 3.92. The van der Waals surface area contributed by atoms with Crippen LogP contribution < -0.4 is 26.3 Å². The topological polar surface area (TPSA) is 128 Å². The molecule has 0 bridgehead atoms. The van der Waals surface area contributed by atoms with Crippen molar-refractivity contribution < 1.29 is 14.3 Å². The summed E-state index contributed by atoms with van der Waals surface area (Å²) in [5.41, 5.74) is 11.6. The van der Waals surface area contributed by atoms with Gasteiger partial charge in [-0.1, -0.05) is 0 Å². The first-order valence-electron chi connectivity index (χ1n) is 5.69. The number of anilines is 3. The molecule has 0 aliphatic carbocycles. The zero-order valence-electron chi connectivity index (χ0n) is 11.1. The third-order valence-corrected chi connectivity index (χ3v) is 2.70. The van der Waals surface area contributed by atoms with Crippen LogP contribution in [0, 0.1) is 0 Å². The molecule has 6 N–H and O–H groups in total. The highest BCUT2D eigenvalue weighted by Crippen LogP contribution is 2.32. The third-order valence-electron chi connectivity index (χ3n) is 2.70. The summed E-state index contributed by atoms with van der Waals surface area (Å²) in [5.74, 6) is 0.836. The standard InChI is InChI=1S/C12H15N5O3/c1-19-6-3-4-7(8(5-6)20-2)15-12-9(11(14)18)10(13)16-17-12/h3-5H,1-2H3,(H2,14,18)(H4,13,15,16,17). The number of nitrogens with zero attached hydrogens (tertiary/aromatic N) is 1. The van der Waals surface area contributed by atoms with Gasteiger partial charge in [0.15, 0.2) is 5.82 Å². The van der Waals surface area contributed by atoms with Crippen LogP contribution in [0.2, 0.25) is 0 Å². The van der Waals surface area contributed by atoms with Crippen LogP contribution in [-0.4, -0.2) is 30.3 Å². The molecule has 0 saturated heterocycles. The molecule has 1 heterocycles. The summed E-state index contributed by atoms with van der Waals surface area (Å²) in [5, 5.41) is 9.34. The minimum Gasteiger partial charge on any atom is -0.497 e. The molecular weight excluding hydrogens is 262 g/mol. The van der Waals surface area contributed by atoms with Crippen molar-refractivity contribution in [1.82, 2.24) is 10.2 Å². The molecule has 0 saturated carbocycles. The molecule has 2 aromatic rings. The van der Waals surface area contributed by atoms with E-state index in [1.165, 1.54) is 7.11 Å². The van der Waals surface area contributed by atoms with E-state index in [9.17, 15) is 4.79 Å². The van der Waals surface area contributed by atoms with Crippen molar-refractivity contribution in [1.29, 1.82) is 0 Å². The van der Waals surface area contributed by atoms with Crippen LogP contribution in [0.4, 0.5) is 17.3 Å². The zero-order chi connectivity index (χ0) is 14.7. The number of rotatable bonds is 5. The van der Waals surface area contributed by atoms with E-state index >= 15 is 0 Å². The average molecular weight is 277 g/mol. The van der Waals surface area contributed by atoms with Gasteiger partial charge in [0.1, 0.15) is 22.9 Å². The Labute approximate surface area is 115 Å². The van der Waals surface area contributed by atoms with Crippen LogP contribution in [0.3, 0.4) is 0 Å². The molecule has 0 radical (unpaired) electrons. The van der Waals surface area contributed by atoms with Gasteiger partial charge in [-0.2, -0.15) is 5.10 Å². The van der Waals surface area contributed by atoms with Gasteiger partial charge < -0.3 is 26.3 Å². The van der Waals surface area contributed by atoms with Crippen LogP contribution in [0.1, 0.15) is 10.4 Å². The first-order chi connectivity index (χ1) is 9.56. The number of nitrogens with two attached hydrogens (primary N) is 2. The number of hydrogen-bond donors (Lipinski definition) is 4. The van der Waals surface area contributed by atoms with Crippen molar-refractivity contribution >= 4 is 23.2 Å². The second kappa shape index (κ2) is 5.39. The molecular formula is C12H15N5O3. The Kier molecular flexibility index (Phi) is 3.65. The van der Waals surface area contributed by atoms with Crippen molar-refractivity contribution in [3.05, 3.63) is 23.8 Å². The fourth-order valence-electron chi connectivity index (χ4n) is 1.72. The minimum absolute atomic E-state index is 0.0999. The van der Waals surface area contributed by atoms with E-state index in [0.717, 1.165) is 0 Å². The van der Waals surface area contributed by atoms with Gasteiger partial charge in [0.25, 0.3) is 5.91 Å². The summed E-state index contributed by atoms with van der Waals surface area (Å²) >= 11 is 0. The van der Waals surface area contributed by atoms with Gasteiger partial charge in [0.2, 0.25) is 0 Å². The summed E-state index contributed by atoms with van der Waals surface area (Å²) in [6, 6.07) is 5.17. The predicted molar refractivity (Wildman–Crippen MR) is 74.3 cm³/mol.